The Morgan fingerprint density at radius 1 is 1.04 bits per heavy atom. The Labute approximate surface area is 155 Å². The van der Waals surface area contributed by atoms with E-state index in [2.05, 4.69) is 11.4 Å². The van der Waals surface area contributed by atoms with Crippen molar-refractivity contribution in [3.05, 3.63) is 71.3 Å². The largest absolute Gasteiger partial charge is 0.352 e. The third-order valence-electron chi connectivity index (χ3n) is 4.90. The number of hydrogen-bond donors (Lipinski definition) is 1. The van der Waals surface area contributed by atoms with Crippen LogP contribution >= 0.6 is 0 Å². The molecule has 1 saturated carbocycles. The zero-order valence-corrected chi connectivity index (χ0v) is 15.4. The molecular formula is C22H26N2O2. The monoisotopic (exact) mass is 350 g/mol. The minimum Gasteiger partial charge on any atom is -0.352 e. The van der Waals surface area contributed by atoms with E-state index in [1.54, 1.807) is 0 Å². The van der Waals surface area contributed by atoms with E-state index in [0.717, 1.165) is 11.1 Å². The summed E-state index contributed by atoms with van der Waals surface area (Å²) in [5.74, 6) is -0.277. The average molecular weight is 350 g/mol. The highest BCUT2D eigenvalue weighted by Crippen LogP contribution is 2.40. The number of carbonyl (C=O) groups excluding carboxylic acids is 2. The Hall–Kier alpha value is -2.62. The topological polar surface area (TPSA) is 49.4 Å². The van der Waals surface area contributed by atoms with Crippen LogP contribution in [0.2, 0.25) is 0 Å². The smallest absolute Gasteiger partial charge is 0.226 e. The summed E-state index contributed by atoms with van der Waals surface area (Å²) in [6, 6.07) is 18.1. The van der Waals surface area contributed by atoms with E-state index < -0.39 is 0 Å². The predicted octanol–water partition coefficient (Wildman–Crippen LogP) is 3.30. The fraction of sp³-hybridized carbons (Fsp3) is 0.364. The molecule has 0 heterocycles. The lowest BCUT2D eigenvalue weighted by Crippen LogP contribution is -2.33. The summed E-state index contributed by atoms with van der Waals surface area (Å²) in [5, 5.41) is 2.97. The second kappa shape index (κ2) is 8.17. The van der Waals surface area contributed by atoms with E-state index in [0.29, 0.717) is 26.1 Å². The summed E-state index contributed by atoms with van der Waals surface area (Å²) in [4.78, 5) is 26.9. The molecule has 26 heavy (non-hydrogen) atoms. The van der Waals surface area contributed by atoms with Gasteiger partial charge in [0.25, 0.3) is 0 Å². The molecule has 2 amide bonds. The van der Waals surface area contributed by atoms with Crippen LogP contribution in [0.15, 0.2) is 54.6 Å². The Morgan fingerprint density at radius 2 is 1.77 bits per heavy atom. The molecule has 1 aliphatic rings. The van der Waals surface area contributed by atoms with Gasteiger partial charge in [-0.2, -0.15) is 0 Å². The van der Waals surface area contributed by atoms with E-state index in [4.69, 9.17) is 0 Å². The van der Waals surface area contributed by atoms with Gasteiger partial charge in [-0.25, -0.2) is 0 Å². The Kier molecular flexibility index (Phi) is 5.71. The molecule has 0 saturated heterocycles. The van der Waals surface area contributed by atoms with Gasteiger partial charge in [0.15, 0.2) is 0 Å². The van der Waals surface area contributed by atoms with E-state index in [1.807, 2.05) is 67.3 Å². The predicted molar refractivity (Wildman–Crippen MR) is 102 cm³/mol. The summed E-state index contributed by atoms with van der Waals surface area (Å²) in [5.41, 5.74) is 3.38. The van der Waals surface area contributed by atoms with Gasteiger partial charge >= 0.3 is 0 Å². The summed E-state index contributed by atoms with van der Waals surface area (Å²) < 4.78 is 0. The molecule has 2 unspecified atom stereocenters. The van der Waals surface area contributed by atoms with Gasteiger partial charge in [0.2, 0.25) is 11.8 Å². The van der Waals surface area contributed by atoms with Crippen LogP contribution in [0.25, 0.3) is 0 Å². The molecular weight excluding hydrogens is 324 g/mol. The number of nitrogens with one attached hydrogen (secondary N) is 1. The quantitative estimate of drug-likeness (QED) is 0.833. The number of nitrogens with zero attached hydrogens (tertiary/aromatic N) is 1. The normalized spacial score (nSPS) is 18.2. The van der Waals surface area contributed by atoms with Gasteiger partial charge in [0, 0.05) is 19.6 Å². The second-order valence-electron chi connectivity index (χ2n) is 6.99. The van der Waals surface area contributed by atoms with E-state index in [9.17, 15) is 9.59 Å². The zero-order chi connectivity index (χ0) is 18.5. The highest BCUT2D eigenvalue weighted by atomic mass is 16.2. The van der Waals surface area contributed by atoms with Crippen LogP contribution in [0, 0.1) is 18.8 Å². The first-order valence-electron chi connectivity index (χ1n) is 9.24. The molecule has 0 radical (unpaired) electrons. The van der Waals surface area contributed by atoms with Crippen molar-refractivity contribution in [3.63, 3.8) is 0 Å². The van der Waals surface area contributed by atoms with Gasteiger partial charge in [-0.3, -0.25) is 9.59 Å². The van der Waals surface area contributed by atoms with Crippen LogP contribution in [0.1, 0.15) is 30.0 Å². The first-order valence-corrected chi connectivity index (χ1v) is 9.24. The zero-order valence-electron chi connectivity index (χ0n) is 15.4. The molecule has 0 aliphatic heterocycles. The number of aryl methyl sites for hydroxylation is 1. The first-order chi connectivity index (χ1) is 12.6. The van der Waals surface area contributed by atoms with Crippen molar-refractivity contribution in [1.29, 1.82) is 0 Å². The lowest BCUT2D eigenvalue weighted by molar-refractivity contribution is -0.135. The van der Waals surface area contributed by atoms with Gasteiger partial charge in [-0.1, -0.05) is 60.2 Å². The number of benzene rings is 2. The van der Waals surface area contributed by atoms with Crippen LogP contribution in [0.5, 0.6) is 0 Å². The van der Waals surface area contributed by atoms with Gasteiger partial charge in [0.1, 0.15) is 0 Å². The van der Waals surface area contributed by atoms with E-state index in [-0.39, 0.29) is 23.7 Å². The van der Waals surface area contributed by atoms with Gasteiger partial charge in [-0.05, 0) is 31.4 Å². The minimum absolute atomic E-state index is 0.0133. The molecule has 2 aromatic carbocycles. The molecule has 1 N–H and O–H groups in total. The molecule has 136 valence electrons. The highest BCUT2D eigenvalue weighted by Gasteiger charge is 2.49. The molecule has 1 aliphatic carbocycles. The maximum atomic E-state index is 12.7. The third-order valence-corrected chi connectivity index (χ3v) is 4.90. The van der Waals surface area contributed by atoms with Crippen LogP contribution < -0.4 is 5.32 Å². The summed E-state index contributed by atoms with van der Waals surface area (Å²) in [6.45, 7) is 5.79. The lowest BCUT2D eigenvalue weighted by atomic mass is 10.1. The lowest BCUT2D eigenvalue weighted by Gasteiger charge is -2.21. The number of rotatable bonds is 7. The molecule has 0 spiro atoms. The van der Waals surface area contributed by atoms with Crippen molar-refractivity contribution < 1.29 is 9.59 Å². The second-order valence-corrected chi connectivity index (χ2v) is 6.99. The SMILES string of the molecule is CCN(Cc1ccccc1)C(=O)C1CC1C(=O)NCc1cccc(C)c1. The minimum atomic E-state index is -0.183. The third kappa shape index (κ3) is 4.51. The van der Waals surface area contributed by atoms with Crippen molar-refractivity contribution in [2.75, 3.05) is 6.54 Å². The fourth-order valence-electron chi connectivity index (χ4n) is 3.28. The molecule has 1 fully saturated rings. The van der Waals surface area contributed by atoms with Crippen molar-refractivity contribution in [2.45, 2.75) is 33.4 Å². The van der Waals surface area contributed by atoms with Crippen molar-refractivity contribution in [3.8, 4) is 0 Å². The van der Waals surface area contributed by atoms with Crippen LogP contribution in [-0.2, 0) is 22.7 Å². The van der Waals surface area contributed by atoms with Crippen molar-refractivity contribution >= 4 is 11.8 Å². The maximum Gasteiger partial charge on any atom is 0.226 e. The molecule has 2 aromatic rings. The molecule has 3 rings (SSSR count). The maximum absolute atomic E-state index is 12.7. The first kappa shape index (κ1) is 18.2. The number of amides is 2. The van der Waals surface area contributed by atoms with Gasteiger partial charge < -0.3 is 10.2 Å². The van der Waals surface area contributed by atoms with Crippen molar-refractivity contribution in [1.82, 2.24) is 10.2 Å². The number of hydrogen-bond acceptors (Lipinski definition) is 2. The Bertz CT molecular complexity index is 773. The summed E-state index contributed by atoms with van der Waals surface area (Å²) in [7, 11) is 0. The van der Waals surface area contributed by atoms with E-state index >= 15 is 0 Å². The molecule has 4 heteroatoms. The molecule has 2 atom stereocenters. The average Bonchev–Trinajstić information content (AvgIpc) is 3.45. The summed E-state index contributed by atoms with van der Waals surface area (Å²) in [6.07, 6.45) is 0.657. The van der Waals surface area contributed by atoms with Crippen LogP contribution in [0.4, 0.5) is 0 Å². The Morgan fingerprint density at radius 3 is 2.46 bits per heavy atom. The Balaban J connectivity index is 1.51. The van der Waals surface area contributed by atoms with Gasteiger partial charge in [0.05, 0.1) is 11.8 Å². The standard InChI is InChI=1S/C22H26N2O2/c1-3-24(15-17-9-5-4-6-10-17)22(26)20-13-19(20)21(25)23-14-18-11-7-8-16(2)12-18/h4-12,19-20H,3,13-15H2,1-2H3,(H,23,25). The fourth-order valence-corrected chi connectivity index (χ4v) is 3.28. The van der Waals surface area contributed by atoms with E-state index in [1.165, 1.54) is 5.56 Å². The van der Waals surface area contributed by atoms with Crippen LogP contribution in [0.3, 0.4) is 0 Å². The highest BCUT2D eigenvalue weighted by molar-refractivity contribution is 5.92. The molecule has 0 aromatic heterocycles. The molecule has 0 bridgehead atoms. The van der Waals surface area contributed by atoms with Crippen molar-refractivity contribution in [2.24, 2.45) is 11.8 Å². The number of carbonyl (C=O) groups is 2. The molecule has 4 nitrogen and oxygen atoms in total. The van der Waals surface area contributed by atoms with Crippen LogP contribution in [-0.4, -0.2) is 23.3 Å². The summed E-state index contributed by atoms with van der Waals surface area (Å²) >= 11 is 0. The van der Waals surface area contributed by atoms with Gasteiger partial charge in [-0.15, -0.1) is 0 Å².